The molecule has 3 aromatic carbocycles. The van der Waals surface area contributed by atoms with Crippen molar-refractivity contribution in [3.63, 3.8) is 0 Å². The van der Waals surface area contributed by atoms with Crippen LogP contribution in [0.5, 0.6) is 23.0 Å². The molecule has 0 amide bonds. The predicted molar refractivity (Wildman–Crippen MR) is 146 cm³/mol. The smallest absolute Gasteiger partial charge is 0.269 e. The Morgan fingerprint density at radius 2 is 1.38 bits per heavy atom. The normalized spacial score (nSPS) is 11.1. The van der Waals surface area contributed by atoms with Gasteiger partial charge in [0.1, 0.15) is 0 Å². The van der Waals surface area contributed by atoms with Crippen LogP contribution < -0.4 is 18.9 Å². The number of nitro groups is 1. The molecular formula is C28H23BrN2O6. The molecule has 37 heavy (non-hydrogen) atoms. The Bertz CT molecular complexity index is 1660. The lowest BCUT2D eigenvalue weighted by atomic mass is 9.95. The van der Waals surface area contributed by atoms with Crippen LogP contribution in [0.4, 0.5) is 5.69 Å². The van der Waals surface area contributed by atoms with E-state index in [1.807, 2.05) is 47.1 Å². The van der Waals surface area contributed by atoms with Gasteiger partial charge in [0, 0.05) is 51.1 Å². The second-order valence-corrected chi connectivity index (χ2v) is 9.13. The number of methoxy groups -OCH3 is 4. The maximum Gasteiger partial charge on any atom is 0.269 e. The predicted octanol–water partition coefficient (Wildman–Crippen LogP) is 7.13. The molecular weight excluding hydrogens is 540 g/mol. The van der Waals surface area contributed by atoms with E-state index in [0.29, 0.717) is 23.0 Å². The molecule has 2 heterocycles. The highest BCUT2D eigenvalue weighted by Crippen LogP contribution is 2.47. The first-order chi connectivity index (χ1) is 17.9. The Kier molecular flexibility index (Phi) is 6.39. The Morgan fingerprint density at radius 1 is 0.784 bits per heavy atom. The molecule has 0 saturated carbocycles. The lowest BCUT2D eigenvalue weighted by Crippen LogP contribution is -1.94. The van der Waals surface area contributed by atoms with E-state index < -0.39 is 4.92 Å². The first-order valence-corrected chi connectivity index (χ1v) is 12.1. The number of pyridine rings is 1. The molecule has 0 radical (unpaired) electrons. The topological polar surface area (TPSA) is 84.5 Å². The molecule has 0 N–H and O–H groups in total. The largest absolute Gasteiger partial charge is 0.493 e. The highest BCUT2D eigenvalue weighted by atomic mass is 79.9. The van der Waals surface area contributed by atoms with Crippen LogP contribution in [0, 0.1) is 10.1 Å². The monoisotopic (exact) mass is 562 g/mol. The molecule has 0 unspecified atom stereocenters. The zero-order valence-electron chi connectivity index (χ0n) is 20.6. The van der Waals surface area contributed by atoms with Crippen molar-refractivity contribution >= 4 is 37.9 Å². The summed E-state index contributed by atoms with van der Waals surface area (Å²) < 4.78 is 25.1. The van der Waals surface area contributed by atoms with Gasteiger partial charge in [-0.15, -0.1) is 0 Å². The van der Waals surface area contributed by atoms with Gasteiger partial charge in [-0.1, -0.05) is 15.9 Å². The summed E-state index contributed by atoms with van der Waals surface area (Å²) in [6.45, 7) is 0. The van der Waals surface area contributed by atoms with Crippen LogP contribution in [-0.4, -0.2) is 37.8 Å². The van der Waals surface area contributed by atoms with Crippen LogP contribution in [0.15, 0.2) is 71.5 Å². The SMILES string of the molecule is COc1cc(Br)c(-c2c(-c3ccc([N+](=O)[O-])cc3)cn3ccc4cc(OC)c(OC)cc4c23)cc1OC. The third kappa shape index (κ3) is 4.11. The summed E-state index contributed by atoms with van der Waals surface area (Å²) in [4.78, 5) is 10.9. The van der Waals surface area contributed by atoms with Crippen LogP contribution in [-0.2, 0) is 0 Å². The third-order valence-electron chi connectivity index (χ3n) is 6.39. The molecule has 0 aliphatic rings. The molecule has 0 aliphatic carbocycles. The van der Waals surface area contributed by atoms with Gasteiger partial charge in [-0.2, -0.15) is 0 Å². The maximum absolute atomic E-state index is 11.3. The van der Waals surface area contributed by atoms with Gasteiger partial charge < -0.3 is 23.3 Å². The van der Waals surface area contributed by atoms with Gasteiger partial charge in [0.2, 0.25) is 0 Å². The first-order valence-electron chi connectivity index (χ1n) is 11.3. The fourth-order valence-corrected chi connectivity index (χ4v) is 5.14. The summed E-state index contributed by atoms with van der Waals surface area (Å²) in [5, 5.41) is 13.2. The minimum Gasteiger partial charge on any atom is -0.493 e. The Labute approximate surface area is 221 Å². The van der Waals surface area contributed by atoms with Crippen molar-refractivity contribution in [2.75, 3.05) is 28.4 Å². The molecule has 2 aromatic heterocycles. The van der Waals surface area contributed by atoms with Gasteiger partial charge in [0.25, 0.3) is 5.69 Å². The lowest BCUT2D eigenvalue weighted by Gasteiger charge is -2.15. The molecule has 188 valence electrons. The van der Waals surface area contributed by atoms with E-state index in [9.17, 15) is 10.1 Å². The van der Waals surface area contributed by atoms with E-state index in [0.717, 1.165) is 43.0 Å². The fourth-order valence-electron chi connectivity index (χ4n) is 4.61. The highest BCUT2D eigenvalue weighted by Gasteiger charge is 2.22. The molecule has 0 atom stereocenters. The van der Waals surface area contributed by atoms with E-state index >= 15 is 0 Å². The van der Waals surface area contributed by atoms with Crippen molar-refractivity contribution in [1.82, 2.24) is 4.40 Å². The number of hydrogen-bond acceptors (Lipinski definition) is 6. The standard InChI is InChI=1S/C28H23BrN2O6/c1-34-23-11-17-9-10-30-15-21(16-5-7-18(8-6-16)31(32)33)27(28(30)19(17)12-24(23)35-2)20-13-25(36-3)26(37-4)14-22(20)29/h5-15H,1-4H3. The summed E-state index contributed by atoms with van der Waals surface area (Å²) in [6.07, 6.45) is 4.00. The van der Waals surface area contributed by atoms with Crippen LogP contribution in [0.2, 0.25) is 0 Å². The van der Waals surface area contributed by atoms with Crippen LogP contribution in [0.3, 0.4) is 0 Å². The van der Waals surface area contributed by atoms with Crippen molar-refractivity contribution in [1.29, 1.82) is 0 Å². The van der Waals surface area contributed by atoms with E-state index in [2.05, 4.69) is 15.9 Å². The number of nitrogens with zero attached hydrogens (tertiary/aromatic N) is 2. The Morgan fingerprint density at radius 3 is 2.00 bits per heavy atom. The van der Waals surface area contributed by atoms with Gasteiger partial charge in [-0.3, -0.25) is 10.1 Å². The number of ether oxygens (including phenoxy) is 4. The van der Waals surface area contributed by atoms with Crippen molar-refractivity contribution < 1.29 is 23.9 Å². The maximum atomic E-state index is 11.3. The third-order valence-corrected chi connectivity index (χ3v) is 7.05. The number of hydrogen-bond donors (Lipinski definition) is 0. The Balaban J connectivity index is 1.91. The summed E-state index contributed by atoms with van der Waals surface area (Å²) in [6, 6.07) is 16.2. The van der Waals surface area contributed by atoms with E-state index in [-0.39, 0.29) is 5.69 Å². The molecule has 0 bridgehead atoms. The molecule has 5 aromatic rings. The quantitative estimate of drug-likeness (QED) is 0.155. The van der Waals surface area contributed by atoms with Crippen molar-refractivity contribution in [2.45, 2.75) is 0 Å². The van der Waals surface area contributed by atoms with Gasteiger partial charge in [0.15, 0.2) is 23.0 Å². The van der Waals surface area contributed by atoms with Crippen LogP contribution >= 0.6 is 15.9 Å². The second kappa shape index (κ2) is 9.67. The van der Waals surface area contributed by atoms with E-state index in [1.165, 1.54) is 12.1 Å². The summed E-state index contributed by atoms with van der Waals surface area (Å²) >= 11 is 3.73. The van der Waals surface area contributed by atoms with E-state index in [4.69, 9.17) is 18.9 Å². The number of fused-ring (bicyclic) bond motifs is 3. The second-order valence-electron chi connectivity index (χ2n) is 8.27. The average Bonchev–Trinajstić information content (AvgIpc) is 3.31. The summed E-state index contributed by atoms with van der Waals surface area (Å²) in [5.74, 6) is 2.41. The highest BCUT2D eigenvalue weighted by molar-refractivity contribution is 9.10. The number of aromatic nitrogens is 1. The zero-order valence-corrected chi connectivity index (χ0v) is 22.2. The minimum absolute atomic E-state index is 0.0312. The number of benzene rings is 3. The molecule has 0 fully saturated rings. The summed E-state index contributed by atoms with van der Waals surface area (Å²) in [5.41, 5.74) is 4.48. The Hall–Kier alpha value is -4.24. The van der Waals surface area contributed by atoms with Crippen molar-refractivity contribution in [3.8, 4) is 45.3 Å². The zero-order chi connectivity index (χ0) is 26.3. The molecule has 5 rings (SSSR count). The molecule has 0 spiro atoms. The fraction of sp³-hybridized carbons (Fsp3) is 0.143. The minimum atomic E-state index is -0.404. The molecule has 0 saturated heterocycles. The van der Waals surface area contributed by atoms with E-state index in [1.54, 1.807) is 40.6 Å². The first kappa shape index (κ1) is 24.5. The number of non-ortho nitro benzene ring substituents is 1. The summed E-state index contributed by atoms with van der Waals surface area (Å²) in [7, 11) is 6.40. The van der Waals surface area contributed by atoms with Crippen LogP contribution in [0.25, 0.3) is 38.5 Å². The lowest BCUT2D eigenvalue weighted by molar-refractivity contribution is -0.384. The van der Waals surface area contributed by atoms with Crippen LogP contribution in [0.1, 0.15) is 0 Å². The van der Waals surface area contributed by atoms with Gasteiger partial charge in [-0.25, -0.2) is 0 Å². The number of nitro benzene ring substituents is 1. The molecule has 8 nitrogen and oxygen atoms in total. The van der Waals surface area contributed by atoms with Gasteiger partial charge in [-0.05, 0) is 53.4 Å². The number of rotatable bonds is 7. The van der Waals surface area contributed by atoms with Gasteiger partial charge >= 0.3 is 0 Å². The van der Waals surface area contributed by atoms with Crippen molar-refractivity contribution in [2.24, 2.45) is 0 Å². The molecule has 9 heteroatoms. The van der Waals surface area contributed by atoms with Crippen molar-refractivity contribution in [3.05, 3.63) is 81.6 Å². The van der Waals surface area contributed by atoms with Gasteiger partial charge in [0.05, 0.1) is 38.9 Å². The molecule has 0 aliphatic heterocycles. The average molecular weight is 563 g/mol. The number of halogens is 1.